The maximum absolute atomic E-state index is 13.4. The maximum Gasteiger partial charge on any atom is 0.239 e. The highest BCUT2D eigenvalue weighted by Gasteiger charge is 2.43. The van der Waals surface area contributed by atoms with Crippen LogP contribution in [0.3, 0.4) is 0 Å². The summed E-state index contributed by atoms with van der Waals surface area (Å²) in [5, 5.41) is 3.50. The van der Waals surface area contributed by atoms with Crippen molar-refractivity contribution in [2.75, 3.05) is 5.32 Å². The number of ketones is 3. The largest absolute Gasteiger partial charge is 0.364 e. The van der Waals surface area contributed by atoms with Crippen LogP contribution in [-0.4, -0.2) is 29.1 Å². The first-order chi connectivity index (χ1) is 16.5. The van der Waals surface area contributed by atoms with Gasteiger partial charge in [0, 0.05) is 39.5 Å². The van der Waals surface area contributed by atoms with Crippen molar-refractivity contribution in [3.8, 4) is 0 Å². The number of rotatable bonds is 0. The van der Waals surface area contributed by atoms with E-state index in [2.05, 4.69) is 16.9 Å². The van der Waals surface area contributed by atoms with Gasteiger partial charge in [-0.25, -0.2) is 4.99 Å². The molecule has 0 amide bonds. The third-order valence-corrected chi connectivity index (χ3v) is 7.05. The molecule has 160 valence electrons. The van der Waals surface area contributed by atoms with Crippen LogP contribution in [0.2, 0.25) is 0 Å². The molecule has 0 saturated heterocycles. The molecule has 1 aliphatic heterocycles. The van der Waals surface area contributed by atoms with Crippen molar-refractivity contribution in [2.45, 2.75) is 6.04 Å². The molecule has 3 aromatic rings. The zero-order chi connectivity index (χ0) is 23.1. The van der Waals surface area contributed by atoms with Gasteiger partial charge in [0.05, 0.1) is 0 Å². The van der Waals surface area contributed by atoms with E-state index >= 15 is 0 Å². The maximum atomic E-state index is 13.4. The molecular weight excluding hydrogens is 424 g/mol. The van der Waals surface area contributed by atoms with Gasteiger partial charge in [0.15, 0.2) is 11.6 Å². The molecule has 2 N–H and O–H groups in total. The summed E-state index contributed by atoms with van der Waals surface area (Å²) in [7, 11) is 0. The van der Waals surface area contributed by atoms with Crippen molar-refractivity contribution in [2.24, 2.45) is 0 Å². The van der Waals surface area contributed by atoms with Crippen LogP contribution in [0.1, 0.15) is 47.8 Å². The number of Topliss-reactive ketones (excluding diaryl/α,β-unsaturated/α-hetero) is 1. The van der Waals surface area contributed by atoms with Crippen LogP contribution in [0, 0.1) is 0 Å². The minimum atomic E-state index is -0.322. The van der Waals surface area contributed by atoms with Crippen molar-refractivity contribution >= 4 is 40.0 Å². The molecule has 1 unspecified atom stereocenters. The minimum Gasteiger partial charge on any atom is -0.364 e. The van der Waals surface area contributed by atoms with Crippen LogP contribution >= 0.6 is 0 Å². The van der Waals surface area contributed by atoms with Gasteiger partial charge < -0.3 is 5.32 Å². The zero-order valence-electron chi connectivity index (χ0n) is 17.9. The van der Waals surface area contributed by atoms with Gasteiger partial charge in [0.25, 0.3) is 0 Å². The Morgan fingerprint density at radius 1 is 0.706 bits per heavy atom. The standard InChI is InChI=1S/C29H16N2O3/c1-14-15-6-2-3-7-16(15)27(32)19-10-12-21-25(23(14)19)30-22-13-11-20-24(26(22)31-21)29(34)18-9-5-4-8-17(18)28(20)33/h2-13,25,30H,1H2/p+1. The lowest BCUT2D eigenvalue weighted by Gasteiger charge is -2.32. The molecule has 4 aliphatic rings. The SMILES string of the molecule is C=C1C2=C(C=CC3=[NH+]c4c(ccc5c4C(=O)c4ccccc4C5=O)NC32)C(=O)c2ccccc21. The first-order valence-electron chi connectivity index (χ1n) is 11.1. The Morgan fingerprint density at radius 3 is 2.09 bits per heavy atom. The first kappa shape index (κ1) is 18.9. The summed E-state index contributed by atoms with van der Waals surface area (Å²) in [6.45, 7) is 4.31. The number of carbonyl (C=O) groups is 3. The summed E-state index contributed by atoms with van der Waals surface area (Å²) in [6, 6.07) is 17.6. The predicted molar refractivity (Wildman–Crippen MR) is 129 cm³/mol. The second-order valence-corrected chi connectivity index (χ2v) is 8.79. The van der Waals surface area contributed by atoms with Crippen LogP contribution in [-0.2, 0) is 0 Å². The number of fused-ring (bicyclic) bond motifs is 7. The number of hydrogen-bond donors (Lipinski definition) is 2. The summed E-state index contributed by atoms with van der Waals surface area (Å²) < 4.78 is 0. The summed E-state index contributed by atoms with van der Waals surface area (Å²) >= 11 is 0. The fourth-order valence-electron chi connectivity index (χ4n) is 5.44. The molecule has 0 bridgehead atoms. The first-order valence-corrected chi connectivity index (χ1v) is 11.1. The molecule has 5 nitrogen and oxygen atoms in total. The second kappa shape index (κ2) is 6.45. The van der Waals surface area contributed by atoms with Gasteiger partial charge in [-0.05, 0) is 29.3 Å². The van der Waals surface area contributed by atoms with Crippen molar-refractivity contribution < 1.29 is 19.4 Å². The molecule has 3 aliphatic carbocycles. The quantitative estimate of drug-likeness (QED) is 0.440. The van der Waals surface area contributed by atoms with Crippen molar-refractivity contribution in [1.82, 2.24) is 0 Å². The summed E-state index contributed by atoms with van der Waals surface area (Å²) in [4.78, 5) is 43.2. The van der Waals surface area contributed by atoms with E-state index in [1.54, 1.807) is 30.3 Å². The number of hydrogen-bond acceptors (Lipinski definition) is 4. The average molecular weight is 441 g/mol. The Morgan fingerprint density at radius 2 is 1.35 bits per heavy atom. The molecule has 1 heterocycles. The highest BCUT2D eigenvalue weighted by molar-refractivity contribution is 6.31. The monoisotopic (exact) mass is 441 g/mol. The van der Waals surface area contributed by atoms with Crippen molar-refractivity contribution in [3.05, 3.63) is 124 Å². The molecule has 1 atom stereocenters. The van der Waals surface area contributed by atoms with Gasteiger partial charge in [0.2, 0.25) is 17.2 Å². The molecule has 0 fully saturated rings. The van der Waals surface area contributed by atoms with Crippen molar-refractivity contribution in [3.63, 3.8) is 0 Å². The van der Waals surface area contributed by atoms with E-state index in [0.29, 0.717) is 44.8 Å². The third kappa shape index (κ3) is 2.28. The van der Waals surface area contributed by atoms with Crippen LogP contribution in [0.4, 0.5) is 11.4 Å². The van der Waals surface area contributed by atoms with Crippen LogP contribution in [0.25, 0.3) is 5.57 Å². The molecule has 7 rings (SSSR count). The number of carbonyl (C=O) groups excluding carboxylic acids is 3. The highest BCUT2D eigenvalue weighted by atomic mass is 16.1. The van der Waals surface area contributed by atoms with Gasteiger partial charge >= 0.3 is 0 Å². The number of nitrogens with one attached hydrogen (secondary N) is 2. The van der Waals surface area contributed by atoms with Gasteiger partial charge in [0.1, 0.15) is 17.3 Å². The molecule has 0 spiro atoms. The molecule has 0 saturated carbocycles. The Kier molecular flexibility index (Phi) is 3.58. The predicted octanol–water partition coefficient (Wildman–Crippen LogP) is 3.19. The average Bonchev–Trinajstić information content (AvgIpc) is 2.88. The minimum absolute atomic E-state index is 0.0243. The molecule has 0 aromatic heterocycles. The Bertz CT molecular complexity index is 1650. The van der Waals surface area contributed by atoms with E-state index in [1.807, 2.05) is 42.5 Å². The molecule has 3 aromatic carbocycles. The van der Waals surface area contributed by atoms with Gasteiger partial charge in [-0.2, -0.15) is 0 Å². The summed E-state index contributed by atoms with van der Waals surface area (Å²) in [5.41, 5.74) is 7.41. The van der Waals surface area contributed by atoms with E-state index in [4.69, 9.17) is 0 Å². The lowest BCUT2D eigenvalue weighted by molar-refractivity contribution is -0.355. The van der Waals surface area contributed by atoms with Crippen molar-refractivity contribution in [1.29, 1.82) is 0 Å². The fourth-order valence-corrected chi connectivity index (χ4v) is 5.44. The lowest BCUT2D eigenvalue weighted by atomic mass is 9.75. The van der Waals surface area contributed by atoms with E-state index in [-0.39, 0.29) is 23.4 Å². The van der Waals surface area contributed by atoms with E-state index in [9.17, 15) is 14.4 Å². The fraction of sp³-hybridized carbons (Fsp3) is 0.0345. The Balaban J connectivity index is 1.39. The van der Waals surface area contributed by atoms with Gasteiger partial charge in [-0.15, -0.1) is 0 Å². The smallest absolute Gasteiger partial charge is 0.239 e. The molecular formula is C29H17N2O3+. The van der Waals surface area contributed by atoms with Gasteiger partial charge in [-0.1, -0.05) is 55.1 Å². The highest BCUT2D eigenvalue weighted by Crippen LogP contribution is 2.41. The zero-order valence-corrected chi connectivity index (χ0v) is 17.9. The Hall–Kier alpha value is -4.64. The molecule has 34 heavy (non-hydrogen) atoms. The lowest BCUT2D eigenvalue weighted by Crippen LogP contribution is -2.73. The molecule has 5 heteroatoms. The number of allylic oxidation sites excluding steroid dienone is 2. The topological polar surface area (TPSA) is 77.2 Å². The summed E-state index contributed by atoms with van der Waals surface area (Å²) in [6.07, 6.45) is 3.67. The normalized spacial score (nSPS) is 19.3. The van der Waals surface area contributed by atoms with Crippen LogP contribution in [0.15, 0.2) is 90.5 Å². The molecule has 0 radical (unpaired) electrons. The second-order valence-electron chi connectivity index (χ2n) is 8.79. The number of benzene rings is 3. The van der Waals surface area contributed by atoms with Crippen LogP contribution in [0.5, 0.6) is 0 Å². The third-order valence-electron chi connectivity index (χ3n) is 7.05. The summed E-state index contributed by atoms with van der Waals surface area (Å²) in [5.74, 6) is -0.362. The Labute approximate surface area is 194 Å². The van der Waals surface area contributed by atoms with E-state index < -0.39 is 0 Å². The van der Waals surface area contributed by atoms with E-state index in [0.717, 1.165) is 22.4 Å². The van der Waals surface area contributed by atoms with Gasteiger partial charge in [-0.3, -0.25) is 14.4 Å². The number of anilines is 1. The van der Waals surface area contributed by atoms with Crippen LogP contribution < -0.4 is 10.3 Å². The van der Waals surface area contributed by atoms with E-state index in [1.165, 1.54) is 0 Å².